The van der Waals surface area contributed by atoms with E-state index in [0.29, 0.717) is 25.6 Å². The highest BCUT2D eigenvalue weighted by Crippen LogP contribution is 2.23. The summed E-state index contributed by atoms with van der Waals surface area (Å²) < 4.78 is 19.8. The van der Waals surface area contributed by atoms with E-state index in [1.54, 1.807) is 13.0 Å². The Kier molecular flexibility index (Phi) is 7.37. The number of amides is 1. The molecule has 1 atom stereocenters. The van der Waals surface area contributed by atoms with Crippen LogP contribution in [0, 0.1) is 18.7 Å². The van der Waals surface area contributed by atoms with Crippen molar-refractivity contribution in [2.24, 2.45) is 5.92 Å². The molecule has 0 bridgehead atoms. The van der Waals surface area contributed by atoms with E-state index in [9.17, 15) is 14.0 Å². The van der Waals surface area contributed by atoms with E-state index in [-0.39, 0.29) is 28.8 Å². The van der Waals surface area contributed by atoms with Crippen molar-refractivity contribution in [3.8, 4) is 0 Å². The van der Waals surface area contributed by atoms with E-state index in [4.69, 9.17) is 4.74 Å². The number of piperidine rings is 1. The van der Waals surface area contributed by atoms with Gasteiger partial charge in [-0.3, -0.25) is 14.5 Å². The Hall–Kier alpha value is -2.51. The number of rotatable bonds is 7. The van der Waals surface area contributed by atoms with Crippen LogP contribution < -0.4 is 5.43 Å². The van der Waals surface area contributed by atoms with E-state index >= 15 is 0 Å². The number of carbonyl (C=O) groups is 1. The molecule has 1 N–H and O–H groups in total. The molecule has 1 amide bonds. The second-order valence-corrected chi connectivity index (χ2v) is 9.05. The highest BCUT2D eigenvalue weighted by Gasteiger charge is 2.29. The van der Waals surface area contributed by atoms with Crippen molar-refractivity contribution in [3.05, 3.63) is 69.4 Å². The first-order chi connectivity index (χ1) is 15.5. The zero-order valence-corrected chi connectivity index (χ0v) is 18.7. The fourth-order valence-corrected chi connectivity index (χ4v) is 4.69. The SMILES string of the molecule is Cc1cc(=O)c(C(=O)N(CC2CCN(Cc3ccccc3F)CC2)C[C@H]2CCCO2)c[nH]1. The number of nitrogens with one attached hydrogen (secondary N) is 1. The van der Waals surface area contributed by atoms with Gasteiger partial charge in [-0.25, -0.2) is 4.39 Å². The number of hydrogen-bond acceptors (Lipinski definition) is 4. The fourth-order valence-electron chi connectivity index (χ4n) is 4.69. The zero-order valence-electron chi connectivity index (χ0n) is 18.7. The van der Waals surface area contributed by atoms with Gasteiger partial charge in [-0.05, 0) is 57.7 Å². The van der Waals surface area contributed by atoms with Crippen LogP contribution in [0.5, 0.6) is 0 Å². The number of aromatic nitrogens is 1. The van der Waals surface area contributed by atoms with Gasteiger partial charge >= 0.3 is 0 Å². The molecular weight excluding hydrogens is 409 g/mol. The molecule has 0 saturated carbocycles. The summed E-state index contributed by atoms with van der Waals surface area (Å²) >= 11 is 0. The lowest BCUT2D eigenvalue weighted by atomic mass is 9.95. The molecule has 172 valence electrons. The Bertz CT molecular complexity index is 978. The molecule has 7 heteroatoms. The van der Waals surface area contributed by atoms with Gasteiger partial charge in [-0.2, -0.15) is 0 Å². The third-order valence-corrected chi connectivity index (χ3v) is 6.56. The smallest absolute Gasteiger partial charge is 0.259 e. The van der Waals surface area contributed by atoms with Gasteiger partial charge < -0.3 is 14.6 Å². The molecular formula is C25H32FN3O3. The third-order valence-electron chi connectivity index (χ3n) is 6.56. The van der Waals surface area contributed by atoms with Crippen molar-refractivity contribution in [1.82, 2.24) is 14.8 Å². The van der Waals surface area contributed by atoms with Crippen LogP contribution in [-0.4, -0.2) is 59.6 Å². The Morgan fingerprint density at radius 1 is 1.22 bits per heavy atom. The lowest BCUT2D eigenvalue weighted by Crippen LogP contribution is -2.44. The molecule has 2 fully saturated rings. The van der Waals surface area contributed by atoms with E-state index in [1.807, 2.05) is 17.0 Å². The van der Waals surface area contributed by atoms with E-state index in [2.05, 4.69) is 9.88 Å². The number of benzene rings is 1. The Morgan fingerprint density at radius 2 is 2.00 bits per heavy atom. The van der Waals surface area contributed by atoms with Crippen molar-refractivity contribution in [2.45, 2.75) is 45.3 Å². The Morgan fingerprint density at radius 3 is 2.69 bits per heavy atom. The fraction of sp³-hybridized carbons (Fsp3) is 0.520. The van der Waals surface area contributed by atoms with Crippen LogP contribution in [0.3, 0.4) is 0 Å². The van der Waals surface area contributed by atoms with Gasteiger partial charge in [0.1, 0.15) is 11.4 Å². The number of likely N-dealkylation sites (tertiary alicyclic amines) is 1. The highest BCUT2D eigenvalue weighted by molar-refractivity contribution is 5.93. The molecule has 32 heavy (non-hydrogen) atoms. The molecule has 0 radical (unpaired) electrons. The summed E-state index contributed by atoms with van der Waals surface area (Å²) in [6, 6.07) is 8.39. The minimum atomic E-state index is -0.247. The first-order valence-corrected chi connectivity index (χ1v) is 11.6. The minimum Gasteiger partial charge on any atom is -0.376 e. The van der Waals surface area contributed by atoms with Crippen molar-refractivity contribution >= 4 is 5.91 Å². The second kappa shape index (κ2) is 10.4. The van der Waals surface area contributed by atoms with Gasteiger partial charge in [-0.1, -0.05) is 18.2 Å². The highest BCUT2D eigenvalue weighted by atomic mass is 19.1. The topological polar surface area (TPSA) is 65.6 Å². The van der Waals surface area contributed by atoms with Crippen molar-refractivity contribution in [1.29, 1.82) is 0 Å². The molecule has 2 aromatic rings. The number of H-pyrrole nitrogens is 1. The van der Waals surface area contributed by atoms with Crippen molar-refractivity contribution < 1.29 is 13.9 Å². The summed E-state index contributed by atoms with van der Waals surface area (Å²) in [5, 5.41) is 0. The first kappa shape index (κ1) is 22.7. The number of halogens is 1. The molecule has 6 nitrogen and oxygen atoms in total. The molecule has 1 aromatic heterocycles. The van der Waals surface area contributed by atoms with Crippen LogP contribution in [0.25, 0.3) is 0 Å². The zero-order chi connectivity index (χ0) is 22.5. The maximum absolute atomic E-state index is 14.0. The number of nitrogens with zero attached hydrogens (tertiary/aromatic N) is 2. The average Bonchev–Trinajstić information content (AvgIpc) is 3.29. The summed E-state index contributed by atoms with van der Waals surface area (Å²) in [6.45, 7) is 6.00. The molecule has 1 aromatic carbocycles. The maximum Gasteiger partial charge on any atom is 0.259 e. The van der Waals surface area contributed by atoms with Crippen molar-refractivity contribution in [2.75, 3.05) is 32.8 Å². The summed E-state index contributed by atoms with van der Waals surface area (Å²) in [5.74, 6) is -0.0384. The molecule has 2 aliphatic heterocycles. The van der Waals surface area contributed by atoms with E-state index in [0.717, 1.165) is 56.6 Å². The Balaban J connectivity index is 1.39. The molecule has 2 saturated heterocycles. The van der Waals surface area contributed by atoms with Gasteiger partial charge in [0, 0.05) is 49.8 Å². The standard InChI is InChI=1S/C25H32FN3O3/c1-18-13-24(30)22(14-27-18)25(31)29(17-21-6-4-12-32-21)15-19-8-10-28(11-9-19)16-20-5-2-3-7-23(20)26/h2-3,5,7,13-14,19,21H,4,6,8-12,15-17H2,1H3,(H,27,30)/t21-/m1/s1. The maximum atomic E-state index is 14.0. The summed E-state index contributed by atoms with van der Waals surface area (Å²) in [6.07, 6.45) is 5.38. The lowest BCUT2D eigenvalue weighted by Gasteiger charge is -2.35. The molecule has 4 rings (SSSR count). The first-order valence-electron chi connectivity index (χ1n) is 11.6. The normalized spacial score (nSPS) is 19.9. The van der Waals surface area contributed by atoms with Crippen LogP contribution in [0.1, 0.15) is 47.3 Å². The van der Waals surface area contributed by atoms with Crippen LogP contribution in [0.2, 0.25) is 0 Å². The van der Waals surface area contributed by atoms with E-state index in [1.165, 1.54) is 18.3 Å². The van der Waals surface area contributed by atoms with Crippen LogP contribution in [0.4, 0.5) is 4.39 Å². The van der Waals surface area contributed by atoms with E-state index < -0.39 is 0 Å². The van der Waals surface area contributed by atoms with Crippen LogP contribution in [0.15, 0.2) is 41.3 Å². The number of hydrogen-bond donors (Lipinski definition) is 1. The third kappa shape index (κ3) is 5.64. The predicted octanol–water partition coefficient (Wildman–Crippen LogP) is 3.36. The molecule has 0 aliphatic carbocycles. The van der Waals surface area contributed by atoms with Crippen LogP contribution in [-0.2, 0) is 11.3 Å². The van der Waals surface area contributed by atoms with Gasteiger partial charge in [0.2, 0.25) is 0 Å². The summed E-state index contributed by atoms with van der Waals surface area (Å²) in [4.78, 5) is 32.8. The molecule has 0 spiro atoms. The predicted molar refractivity (Wildman–Crippen MR) is 121 cm³/mol. The lowest BCUT2D eigenvalue weighted by molar-refractivity contribution is 0.0443. The average molecular weight is 442 g/mol. The number of pyridine rings is 1. The summed E-state index contributed by atoms with van der Waals surface area (Å²) in [7, 11) is 0. The van der Waals surface area contributed by atoms with Gasteiger partial charge in [0.25, 0.3) is 5.91 Å². The van der Waals surface area contributed by atoms with Gasteiger partial charge in [0.15, 0.2) is 5.43 Å². The number of ether oxygens (including phenoxy) is 1. The van der Waals surface area contributed by atoms with Gasteiger partial charge in [0.05, 0.1) is 6.10 Å². The Labute approximate surface area is 188 Å². The number of aryl methyl sites for hydroxylation is 1. The monoisotopic (exact) mass is 441 g/mol. The number of carbonyl (C=O) groups excluding carboxylic acids is 1. The largest absolute Gasteiger partial charge is 0.376 e. The molecule has 3 heterocycles. The molecule has 2 aliphatic rings. The summed E-state index contributed by atoms with van der Waals surface area (Å²) in [5.41, 5.74) is 1.40. The quantitative estimate of drug-likeness (QED) is 0.716. The second-order valence-electron chi connectivity index (χ2n) is 9.05. The minimum absolute atomic E-state index is 0.0321. The number of aromatic amines is 1. The van der Waals surface area contributed by atoms with Gasteiger partial charge in [-0.15, -0.1) is 0 Å². The molecule has 0 unspecified atom stereocenters. The van der Waals surface area contributed by atoms with Crippen LogP contribution >= 0.6 is 0 Å². The van der Waals surface area contributed by atoms with Crippen molar-refractivity contribution in [3.63, 3.8) is 0 Å².